The lowest BCUT2D eigenvalue weighted by molar-refractivity contribution is 0.0920. The van der Waals surface area contributed by atoms with Gasteiger partial charge in [0.15, 0.2) is 21.0 Å². The van der Waals surface area contributed by atoms with Gasteiger partial charge in [-0.25, -0.2) is 0 Å². The van der Waals surface area contributed by atoms with Crippen LogP contribution in [0.5, 0.6) is 0 Å². The van der Waals surface area contributed by atoms with E-state index in [9.17, 15) is 4.79 Å². The first-order chi connectivity index (χ1) is 8.99. The fourth-order valence-electron chi connectivity index (χ4n) is 1.68. The highest BCUT2D eigenvalue weighted by Crippen LogP contribution is 2.14. The summed E-state index contributed by atoms with van der Waals surface area (Å²) in [5.74, 6) is 0.631. The second-order valence-electron chi connectivity index (χ2n) is 4.20. The van der Waals surface area contributed by atoms with E-state index >= 15 is 0 Å². The van der Waals surface area contributed by atoms with E-state index < -0.39 is 0 Å². The van der Waals surface area contributed by atoms with E-state index in [1.54, 1.807) is 12.1 Å². The number of halogens is 1. The van der Waals surface area contributed by atoms with Crippen molar-refractivity contribution in [3.63, 3.8) is 0 Å². The molecule has 0 aliphatic heterocycles. The minimum absolute atomic E-state index is 0.177. The molecule has 0 atom stereocenters. The Morgan fingerprint density at radius 3 is 2.95 bits per heavy atom. The normalized spacial score (nSPS) is 10.9. The van der Waals surface area contributed by atoms with Crippen LogP contribution in [-0.4, -0.2) is 20.7 Å². The quantitative estimate of drug-likeness (QED) is 0.836. The van der Waals surface area contributed by atoms with Gasteiger partial charge in [0.2, 0.25) is 0 Å². The molecule has 19 heavy (non-hydrogen) atoms. The molecule has 0 radical (unpaired) electrons. The van der Waals surface area contributed by atoms with Gasteiger partial charge in [-0.1, -0.05) is 0 Å². The lowest BCUT2D eigenvalue weighted by Gasteiger charge is -2.10. The first-order valence-corrected chi connectivity index (χ1v) is 6.88. The fraction of sp³-hybridized carbons (Fsp3) is 0.364. The Labute approximate surface area is 123 Å². The van der Waals surface area contributed by atoms with Crippen molar-refractivity contribution >= 4 is 34.1 Å². The molecule has 0 aromatic carbocycles. The number of hydrogen-bond donors (Lipinski definition) is 2. The smallest absolute Gasteiger partial charge is 0.287 e. The molecule has 2 heterocycles. The largest absolute Gasteiger partial charge is 0.444 e. The summed E-state index contributed by atoms with van der Waals surface area (Å²) in [7, 11) is 0. The summed E-state index contributed by atoms with van der Waals surface area (Å²) in [6.45, 7) is 4.28. The third-order valence-electron chi connectivity index (χ3n) is 2.50. The van der Waals surface area contributed by atoms with Gasteiger partial charge in [0, 0.05) is 6.04 Å². The Balaban J connectivity index is 2.07. The molecule has 0 bridgehead atoms. The van der Waals surface area contributed by atoms with Crippen LogP contribution < -0.4 is 5.32 Å². The first kappa shape index (κ1) is 14.0. The van der Waals surface area contributed by atoms with Crippen LogP contribution in [-0.2, 0) is 6.54 Å². The van der Waals surface area contributed by atoms with E-state index in [1.807, 2.05) is 18.4 Å². The maximum Gasteiger partial charge on any atom is 0.287 e. The maximum absolute atomic E-state index is 11.8. The summed E-state index contributed by atoms with van der Waals surface area (Å²) in [4.78, 5) is 11.8. The standard InChI is InChI=1S/C11H13BrN4O2S/c1-6(2)16-9(14-15-11(16)19)5-13-10(17)7-3-4-8(12)18-7/h3-4,6H,5H2,1-2H3,(H,13,17)(H,15,19). The van der Waals surface area contributed by atoms with Crippen molar-refractivity contribution in [1.82, 2.24) is 20.1 Å². The number of H-pyrrole nitrogens is 1. The van der Waals surface area contributed by atoms with Crippen LogP contribution in [0.15, 0.2) is 21.2 Å². The average Bonchev–Trinajstić information content (AvgIpc) is 2.92. The Morgan fingerprint density at radius 2 is 2.37 bits per heavy atom. The number of carbonyl (C=O) groups is 1. The number of amides is 1. The molecule has 8 heteroatoms. The fourth-order valence-corrected chi connectivity index (χ4v) is 2.35. The van der Waals surface area contributed by atoms with Gasteiger partial charge in [-0.2, -0.15) is 5.10 Å². The van der Waals surface area contributed by atoms with Gasteiger partial charge in [0.25, 0.3) is 5.91 Å². The summed E-state index contributed by atoms with van der Waals surface area (Å²) in [5, 5.41) is 9.55. The molecule has 0 unspecified atom stereocenters. The van der Waals surface area contributed by atoms with Gasteiger partial charge in [0.1, 0.15) is 0 Å². The van der Waals surface area contributed by atoms with E-state index in [-0.39, 0.29) is 24.3 Å². The van der Waals surface area contributed by atoms with Gasteiger partial charge < -0.3 is 14.3 Å². The van der Waals surface area contributed by atoms with Crippen LogP contribution in [0, 0.1) is 4.77 Å². The number of nitrogens with zero attached hydrogens (tertiary/aromatic N) is 2. The number of nitrogens with one attached hydrogen (secondary N) is 2. The van der Waals surface area contributed by atoms with Crippen LogP contribution >= 0.6 is 28.1 Å². The summed E-state index contributed by atoms with van der Waals surface area (Å²) in [6.07, 6.45) is 0. The molecule has 0 spiro atoms. The molecule has 2 aromatic rings. The van der Waals surface area contributed by atoms with Crippen molar-refractivity contribution in [2.75, 3.05) is 0 Å². The summed E-state index contributed by atoms with van der Waals surface area (Å²) in [6, 6.07) is 3.44. The Morgan fingerprint density at radius 1 is 1.63 bits per heavy atom. The summed E-state index contributed by atoms with van der Waals surface area (Å²) >= 11 is 8.28. The van der Waals surface area contributed by atoms with Crippen molar-refractivity contribution in [2.45, 2.75) is 26.4 Å². The number of furan rings is 1. The first-order valence-electron chi connectivity index (χ1n) is 5.68. The highest BCUT2D eigenvalue weighted by Gasteiger charge is 2.13. The van der Waals surface area contributed by atoms with Gasteiger partial charge in [0.05, 0.1) is 6.54 Å². The Kier molecular flexibility index (Phi) is 4.20. The van der Waals surface area contributed by atoms with Gasteiger partial charge >= 0.3 is 0 Å². The minimum atomic E-state index is -0.296. The Hall–Kier alpha value is -1.41. The van der Waals surface area contributed by atoms with Gasteiger partial charge in [-0.3, -0.25) is 9.89 Å². The molecule has 0 saturated heterocycles. The number of carbonyl (C=O) groups excluding carboxylic acids is 1. The van der Waals surface area contributed by atoms with Crippen LogP contribution in [0.3, 0.4) is 0 Å². The van der Waals surface area contributed by atoms with E-state index in [4.69, 9.17) is 16.6 Å². The molecular formula is C11H13BrN4O2S. The SMILES string of the molecule is CC(C)n1c(CNC(=O)c2ccc(Br)o2)n[nH]c1=S. The zero-order valence-corrected chi connectivity index (χ0v) is 12.8. The zero-order valence-electron chi connectivity index (χ0n) is 10.4. The number of hydrogen-bond acceptors (Lipinski definition) is 4. The van der Waals surface area contributed by atoms with Crippen LogP contribution in [0.4, 0.5) is 0 Å². The van der Waals surface area contributed by atoms with E-state index in [1.165, 1.54) is 0 Å². The van der Waals surface area contributed by atoms with Crippen molar-refractivity contribution < 1.29 is 9.21 Å². The van der Waals surface area contributed by atoms with E-state index in [0.717, 1.165) is 0 Å². The second kappa shape index (κ2) is 5.70. The second-order valence-corrected chi connectivity index (χ2v) is 5.36. The summed E-state index contributed by atoms with van der Waals surface area (Å²) in [5.41, 5.74) is 0. The lowest BCUT2D eigenvalue weighted by atomic mass is 10.3. The maximum atomic E-state index is 11.8. The van der Waals surface area contributed by atoms with Crippen molar-refractivity contribution in [3.05, 3.63) is 33.2 Å². The molecule has 0 aliphatic carbocycles. The molecule has 0 aliphatic rings. The number of aromatic nitrogens is 3. The molecule has 0 fully saturated rings. The number of rotatable bonds is 4. The zero-order chi connectivity index (χ0) is 14.0. The molecular weight excluding hydrogens is 332 g/mol. The topological polar surface area (TPSA) is 75.8 Å². The highest BCUT2D eigenvalue weighted by molar-refractivity contribution is 9.10. The van der Waals surface area contributed by atoms with Crippen LogP contribution in [0.1, 0.15) is 36.3 Å². The monoisotopic (exact) mass is 344 g/mol. The Bertz CT molecular complexity index is 643. The molecule has 2 aromatic heterocycles. The third kappa shape index (κ3) is 3.13. The highest BCUT2D eigenvalue weighted by atomic mass is 79.9. The number of aromatic amines is 1. The van der Waals surface area contributed by atoms with Gasteiger partial charge in [-0.05, 0) is 54.1 Å². The van der Waals surface area contributed by atoms with Crippen molar-refractivity contribution in [3.8, 4) is 0 Å². The van der Waals surface area contributed by atoms with Crippen molar-refractivity contribution in [1.29, 1.82) is 0 Å². The molecule has 0 saturated carbocycles. The van der Waals surface area contributed by atoms with E-state index in [2.05, 4.69) is 31.4 Å². The molecule has 102 valence electrons. The lowest BCUT2D eigenvalue weighted by Crippen LogP contribution is -2.24. The molecule has 6 nitrogen and oxygen atoms in total. The predicted molar refractivity (Wildman–Crippen MR) is 75.4 cm³/mol. The minimum Gasteiger partial charge on any atom is -0.444 e. The van der Waals surface area contributed by atoms with Gasteiger partial charge in [-0.15, -0.1) is 0 Å². The molecule has 1 amide bonds. The van der Waals surface area contributed by atoms with Crippen LogP contribution in [0.25, 0.3) is 0 Å². The summed E-state index contributed by atoms with van der Waals surface area (Å²) < 4.78 is 8.08. The molecule has 2 N–H and O–H groups in total. The average molecular weight is 345 g/mol. The van der Waals surface area contributed by atoms with E-state index in [0.29, 0.717) is 15.3 Å². The van der Waals surface area contributed by atoms with Crippen molar-refractivity contribution in [2.24, 2.45) is 0 Å². The van der Waals surface area contributed by atoms with Crippen LogP contribution in [0.2, 0.25) is 0 Å². The predicted octanol–water partition coefficient (Wildman–Crippen LogP) is 2.81. The third-order valence-corrected chi connectivity index (χ3v) is 3.21. The molecule has 2 rings (SSSR count).